The molecule has 0 bridgehead atoms. The van der Waals surface area contributed by atoms with Crippen LogP contribution in [0, 0.1) is 5.82 Å². The first kappa shape index (κ1) is 11.0. The van der Waals surface area contributed by atoms with Gasteiger partial charge in [0.05, 0.1) is 17.4 Å². The molecule has 4 nitrogen and oxygen atoms in total. The SMILES string of the molecule is Nc1cc(-c2c[nH]c3ncc(F)cc23)cn2cccc12. The molecule has 0 aliphatic rings. The van der Waals surface area contributed by atoms with Gasteiger partial charge >= 0.3 is 0 Å². The fourth-order valence-corrected chi connectivity index (χ4v) is 2.54. The number of hydrogen-bond donors (Lipinski definition) is 2. The van der Waals surface area contributed by atoms with Crippen LogP contribution in [0.15, 0.2) is 49.1 Å². The van der Waals surface area contributed by atoms with E-state index >= 15 is 0 Å². The van der Waals surface area contributed by atoms with Gasteiger partial charge < -0.3 is 15.1 Å². The van der Waals surface area contributed by atoms with Crippen LogP contribution in [0.4, 0.5) is 10.1 Å². The molecule has 0 aliphatic carbocycles. The molecular weight excluding hydrogens is 255 g/mol. The number of nitrogen functional groups attached to an aromatic ring is 1. The number of nitrogens with one attached hydrogen (secondary N) is 1. The van der Waals surface area contributed by atoms with E-state index in [1.807, 2.05) is 41.2 Å². The number of aromatic amines is 1. The van der Waals surface area contributed by atoms with Gasteiger partial charge in [-0.1, -0.05) is 0 Å². The van der Waals surface area contributed by atoms with E-state index in [0.717, 1.165) is 22.0 Å². The Bertz CT molecular complexity index is 936. The zero-order valence-electron chi connectivity index (χ0n) is 10.5. The zero-order valence-corrected chi connectivity index (χ0v) is 10.5. The van der Waals surface area contributed by atoms with Crippen molar-refractivity contribution >= 4 is 22.2 Å². The first-order valence-corrected chi connectivity index (χ1v) is 6.21. The van der Waals surface area contributed by atoms with Crippen molar-refractivity contribution in [2.24, 2.45) is 0 Å². The highest BCUT2D eigenvalue weighted by atomic mass is 19.1. The number of hydrogen-bond acceptors (Lipinski definition) is 2. The minimum Gasteiger partial charge on any atom is -0.397 e. The third-order valence-corrected chi connectivity index (χ3v) is 3.47. The molecule has 4 aromatic rings. The van der Waals surface area contributed by atoms with Gasteiger partial charge in [-0.3, -0.25) is 0 Å². The Hall–Kier alpha value is -2.82. The highest BCUT2D eigenvalue weighted by Gasteiger charge is 2.10. The van der Waals surface area contributed by atoms with Gasteiger partial charge in [0.2, 0.25) is 0 Å². The molecule has 0 saturated heterocycles. The summed E-state index contributed by atoms with van der Waals surface area (Å²) in [5.41, 5.74) is 10.2. The minimum absolute atomic E-state index is 0.353. The molecule has 0 amide bonds. The van der Waals surface area contributed by atoms with Crippen LogP contribution < -0.4 is 5.73 Å². The van der Waals surface area contributed by atoms with Crippen molar-refractivity contribution in [1.29, 1.82) is 0 Å². The molecule has 5 heteroatoms. The number of H-pyrrole nitrogens is 1. The van der Waals surface area contributed by atoms with Gasteiger partial charge in [-0.15, -0.1) is 0 Å². The normalized spacial score (nSPS) is 11.4. The molecule has 4 aromatic heterocycles. The van der Waals surface area contributed by atoms with E-state index in [-0.39, 0.29) is 5.82 Å². The third-order valence-electron chi connectivity index (χ3n) is 3.47. The van der Waals surface area contributed by atoms with Crippen LogP contribution in [-0.2, 0) is 0 Å². The number of aromatic nitrogens is 3. The number of fused-ring (bicyclic) bond motifs is 2. The van der Waals surface area contributed by atoms with Crippen LogP contribution in [0.2, 0.25) is 0 Å². The second kappa shape index (κ2) is 3.84. The largest absolute Gasteiger partial charge is 0.397 e. The lowest BCUT2D eigenvalue weighted by Gasteiger charge is -2.05. The Balaban J connectivity index is 2.03. The Labute approximate surface area is 113 Å². The fourth-order valence-electron chi connectivity index (χ4n) is 2.54. The van der Waals surface area contributed by atoms with E-state index in [1.165, 1.54) is 12.3 Å². The standard InChI is InChI=1S/C15H11FN4/c16-10-5-11-12(7-19-15(11)18-6-10)9-4-13(17)14-2-1-3-20(14)8-9/h1-8H,17H2,(H,18,19). The van der Waals surface area contributed by atoms with E-state index in [0.29, 0.717) is 11.3 Å². The van der Waals surface area contributed by atoms with Crippen LogP contribution >= 0.6 is 0 Å². The quantitative estimate of drug-likeness (QED) is 0.556. The lowest BCUT2D eigenvalue weighted by atomic mass is 10.1. The van der Waals surface area contributed by atoms with Crippen LogP contribution in [0.5, 0.6) is 0 Å². The molecule has 0 spiro atoms. The first-order chi connectivity index (χ1) is 9.72. The average Bonchev–Trinajstić information content (AvgIpc) is 3.04. The Kier molecular flexibility index (Phi) is 2.12. The van der Waals surface area contributed by atoms with Gasteiger partial charge in [0.15, 0.2) is 0 Å². The van der Waals surface area contributed by atoms with Crippen molar-refractivity contribution in [3.8, 4) is 11.1 Å². The number of pyridine rings is 2. The number of halogens is 1. The molecule has 0 radical (unpaired) electrons. The molecule has 0 unspecified atom stereocenters. The van der Waals surface area contributed by atoms with Gasteiger partial charge in [-0.05, 0) is 24.3 Å². The van der Waals surface area contributed by atoms with Gasteiger partial charge in [0.25, 0.3) is 0 Å². The Morgan fingerprint density at radius 3 is 3.10 bits per heavy atom. The van der Waals surface area contributed by atoms with Crippen LogP contribution in [0.25, 0.3) is 27.7 Å². The maximum Gasteiger partial charge on any atom is 0.142 e. The van der Waals surface area contributed by atoms with Crippen molar-refractivity contribution < 1.29 is 4.39 Å². The zero-order chi connectivity index (χ0) is 13.7. The van der Waals surface area contributed by atoms with Crippen molar-refractivity contribution in [3.05, 3.63) is 54.9 Å². The summed E-state index contributed by atoms with van der Waals surface area (Å²) in [4.78, 5) is 7.08. The molecule has 4 heterocycles. The molecule has 0 fully saturated rings. The van der Waals surface area contributed by atoms with Crippen molar-refractivity contribution in [1.82, 2.24) is 14.4 Å². The molecule has 0 aliphatic heterocycles. The monoisotopic (exact) mass is 266 g/mol. The molecular formula is C15H11FN4. The van der Waals surface area contributed by atoms with Crippen molar-refractivity contribution in [2.45, 2.75) is 0 Å². The lowest BCUT2D eigenvalue weighted by Crippen LogP contribution is -1.92. The van der Waals surface area contributed by atoms with Gasteiger partial charge in [0, 0.05) is 35.1 Å². The summed E-state index contributed by atoms with van der Waals surface area (Å²) in [6.45, 7) is 0. The minimum atomic E-state index is -0.353. The van der Waals surface area contributed by atoms with E-state index in [9.17, 15) is 4.39 Å². The summed E-state index contributed by atoms with van der Waals surface area (Å²) in [6.07, 6.45) is 6.93. The van der Waals surface area contributed by atoms with Crippen LogP contribution in [0.1, 0.15) is 0 Å². The van der Waals surface area contributed by atoms with Gasteiger partial charge in [-0.25, -0.2) is 9.37 Å². The molecule has 0 saturated carbocycles. The summed E-state index contributed by atoms with van der Waals surface area (Å²) in [5.74, 6) is -0.353. The number of nitrogens with two attached hydrogens (primary N) is 1. The number of anilines is 1. The lowest BCUT2D eigenvalue weighted by molar-refractivity contribution is 0.624. The van der Waals surface area contributed by atoms with Crippen LogP contribution in [-0.4, -0.2) is 14.4 Å². The Morgan fingerprint density at radius 2 is 2.20 bits per heavy atom. The predicted octanol–water partition coefficient (Wildman–Crippen LogP) is 3.20. The number of rotatable bonds is 1. The average molecular weight is 266 g/mol. The summed E-state index contributed by atoms with van der Waals surface area (Å²) in [6, 6.07) is 7.26. The van der Waals surface area contributed by atoms with Crippen molar-refractivity contribution in [2.75, 3.05) is 5.73 Å². The molecule has 0 atom stereocenters. The molecule has 20 heavy (non-hydrogen) atoms. The molecule has 3 N–H and O–H groups in total. The van der Waals surface area contributed by atoms with E-state index in [1.54, 1.807) is 0 Å². The van der Waals surface area contributed by atoms with Gasteiger partial charge in [-0.2, -0.15) is 0 Å². The third kappa shape index (κ3) is 1.50. The fraction of sp³-hybridized carbons (Fsp3) is 0. The smallest absolute Gasteiger partial charge is 0.142 e. The van der Waals surface area contributed by atoms with E-state index in [2.05, 4.69) is 9.97 Å². The number of nitrogens with zero attached hydrogens (tertiary/aromatic N) is 2. The molecule has 0 aromatic carbocycles. The summed E-state index contributed by atoms with van der Waals surface area (Å²) in [7, 11) is 0. The second-order valence-electron chi connectivity index (χ2n) is 4.74. The predicted molar refractivity (Wildman–Crippen MR) is 76.9 cm³/mol. The summed E-state index contributed by atoms with van der Waals surface area (Å²) >= 11 is 0. The maximum atomic E-state index is 13.4. The topological polar surface area (TPSA) is 59.1 Å². The highest BCUT2D eigenvalue weighted by Crippen LogP contribution is 2.30. The van der Waals surface area contributed by atoms with Gasteiger partial charge in [0.1, 0.15) is 11.5 Å². The van der Waals surface area contributed by atoms with Crippen LogP contribution in [0.3, 0.4) is 0 Å². The Morgan fingerprint density at radius 1 is 1.30 bits per heavy atom. The van der Waals surface area contributed by atoms with E-state index < -0.39 is 0 Å². The maximum absolute atomic E-state index is 13.4. The highest BCUT2D eigenvalue weighted by molar-refractivity contribution is 5.94. The molecule has 98 valence electrons. The second-order valence-corrected chi connectivity index (χ2v) is 4.74. The van der Waals surface area contributed by atoms with Crippen molar-refractivity contribution in [3.63, 3.8) is 0 Å². The summed E-state index contributed by atoms with van der Waals surface area (Å²) in [5, 5.41) is 0.746. The van der Waals surface area contributed by atoms with E-state index in [4.69, 9.17) is 5.73 Å². The summed E-state index contributed by atoms with van der Waals surface area (Å²) < 4.78 is 15.3. The first-order valence-electron chi connectivity index (χ1n) is 6.21. The molecule has 4 rings (SSSR count).